The topological polar surface area (TPSA) is 66.8 Å². The largest absolute Gasteiger partial charge is 0.480 e. The Morgan fingerprint density at radius 3 is 2.33 bits per heavy atom. The second kappa shape index (κ2) is 4.78. The Morgan fingerprint density at radius 1 is 1.33 bits per heavy atom. The van der Waals surface area contributed by atoms with Crippen molar-refractivity contribution < 1.29 is 19.4 Å². The zero-order valence-electron chi connectivity index (χ0n) is 11.8. The van der Waals surface area contributed by atoms with Crippen LogP contribution in [0, 0.1) is 5.41 Å². The van der Waals surface area contributed by atoms with Gasteiger partial charge in [0.05, 0.1) is 0 Å². The van der Waals surface area contributed by atoms with Crippen molar-refractivity contribution in [2.24, 2.45) is 5.41 Å². The maximum Gasteiger partial charge on any atom is 0.411 e. The molecule has 0 saturated carbocycles. The smallest absolute Gasteiger partial charge is 0.411 e. The fraction of sp³-hybridized carbons (Fsp3) is 0.846. The molecule has 5 nitrogen and oxygen atoms in total. The Kier molecular flexibility index (Phi) is 3.93. The summed E-state index contributed by atoms with van der Waals surface area (Å²) in [6.45, 7) is 9.79. The van der Waals surface area contributed by atoms with Crippen molar-refractivity contribution in [1.82, 2.24) is 4.90 Å². The average Bonchev–Trinajstić information content (AvgIpc) is 2.12. The van der Waals surface area contributed by atoms with E-state index in [2.05, 4.69) is 0 Å². The van der Waals surface area contributed by atoms with Crippen LogP contribution in [-0.2, 0) is 9.53 Å². The van der Waals surface area contributed by atoms with E-state index >= 15 is 0 Å². The molecule has 0 aromatic heterocycles. The van der Waals surface area contributed by atoms with E-state index in [0.717, 1.165) is 6.42 Å². The molecule has 1 fully saturated rings. The zero-order chi connectivity index (χ0) is 14.1. The molecule has 0 radical (unpaired) electrons. The fourth-order valence-corrected chi connectivity index (χ4v) is 2.07. The number of carbonyl (C=O) groups excluding carboxylic acids is 1. The molecule has 104 valence electrons. The van der Waals surface area contributed by atoms with Crippen molar-refractivity contribution >= 4 is 12.1 Å². The predicted octanol–water partition coefficient (Wildman–Crippen LogP) is 2.50. The van der Waals surface area contributed by atoms with Gasteiger partial charge >= 0.3 is 12.1 Å². The molecular formula is C13H23NO4. The molecule has 1 N–H and O–H groups in total. The summed E-state index contributed by atoms with van der Waals surface area (Å²) >= 11 is 0. The highest BCUT2D eigenvalue weighted by molar-refractivity contribution is 5.80. The maximum atomic E-state index is 12.0. The van der Waals surface area contributed by atoms with Crippen LogP contribution in [0.4, 0.5) is 4.79 Å². The number of carboxylic acids is 1. The number of amides is 1. The molecule has 0 spiro atoms. The molecule has 0 aliphatic carbocycles. The van der Waals surface area contributed by atoms with Crippen molar-refractivity contribution in [3.8, 4) is 0 Å². The van der Waals surface area contributed by atoms with Crippen molar-refractivity contribution in [3.05, 3.63) is 0 Å². The Hall–Kier alpha value is -1.26. The van der Waals surface area contributed by atoms with Gasteiger partial charge in [0, 0.05) is 6.54 Å². The summed E-state index contributed by atoms with van der Waals surface area (Å²) in [5, 5.41) is 9.24. The van der Waals surface area contributed by atoms with Crippen LogP contribution in [-0.4, -0.2) is 40.3 Å². The summed E-state index contributed by atoms with van der Waals surface area (Å²) in [4.78, 5) is 24.6. The summed E-state index contributed by atoms with van der Waals surface area (Å²) in [5.74, 6) is -0.964. The van der Waals surface area contributed by atoms with Crippen LogP contribution >= 0.6 is 0 Å². The zero-order valence-corrected chi connectivity index (χ0v) is 11.8. The number of ether oxygens (including phenoxy) is 1. The van der Waals surface area contributed by atoms with E-state index in [1.165, 1.54) is 4.90 Å². The predicted molar refractivity (Wildman–Crippen MR) is 67.4 cm³/mol. The van der Waals surface area contributed by atoms with Gasteiger partial charge in [0.15, 0.2) is 0 Å². The molecule has 0 aromatic carbocycles. The van der Waals surface area contributed by atoms with Gasteiger partial charge in [0.1, 0.15) is 11.6 Å². The standard InChI is InChI=1S/C13H23NO4/c1-12(2,3)18-11(17)14-7-6-13(4,5)8-9(14)10(15)16/h9H,6-8H2,1-5H3,(H,15,16)/t9-/m1/s1. The lowest BCUT2D eigenvalue weighted by Gasteiger charge is -2.41. The first-order valence-electron chi connectivity index (χ1n) is 6.24. The van der Waals surface area contributed by atoms with Crippen LogP contribution in [0.2, 0.25) is 0 Å². The van der Waals surface area contributed by atoms with E-state index in [0.29, 0.717) is 13.0 Å². The highest BCUT2D eigenvalue weighted by atomic mass is 16.6. The summed E-state index contributed by atoms with van der Waals surface area (Å²) < 4.78 is 5.25. The molecule has 0 aromatic rings. The van der Waals surface area contributed by atoms with E-state index in [4.69, 9.17) is 4.74 Å². The van der Waals surface area contributed by atoms with Crippen LogP contribution in [0.3, 0.4) is 0 Å². The third-order valence-electron chi connectivity index (χ3n) is 3.06. The molecule has 18 heavy (non-hydrogen) atoms. The molecule has 1 atom stereocenters. The Bertz CT molecular complexity index is 343. The molecule has 1 rings (SSSR count). The van der Waals surface area contributed by atoms with Crippen molar-refractivity contribution in [1.29, 1.82) is 0 Å². The third-order valence-corrected chi connectivity index (χ3v) is 3.06. The SMILES string of the molecule is CC1(C)CCN(C(=O)OC(C)(C)C)[C@@H](C(=O)O)C1. The van der Waals surface area contributed by atoms with Gasteiger partial charge in [-0.05, 0) is 39.0 Å². The Morgan fingerprint density at radius 2 is 1.89 bits per heavy atom. The molecular weight excluding hydrogens is 234 g/mol. The lowest BCUT2D eigenvalue weighted by atomic mass is 9.79. The highest BCUT2D eigenvalue weighted by Gasteiger charge is 2.41. The monoisotopic (exact) mass is 257 g/mol. The van der Waals surface area contributed by atoms with Crippen LogP contribution in [0.25, 0.3) is 0 Å². The number of likely N-dealkylation sites (tertiary alicyclic amines) is 1. The normalized spacial score (nSPS) is 23.6. The number of hydrogen-bond acceptors (Lipinski definition) is 3. The van der Waals surface area contributed by atoms with Crippen LogP contribution in [0.1, 0.15) is 47.5 Å². The van der Waals surface area contributed by atoms with Gasteiger partial charge in [0.25, 0.3) is 0 Å². The van der Waals surface area contributed by atoms with Gasteiger partial charge in [-0.25, -0.2) is 9.59 Å². The minimum atomic E-state index is -0.964. The van der Waals surface area contributed by atoms with Gasteiger partial charge in [-0.3, -0.25) is 4.90 Å². The summed E-state index contributed by atoms with van der Waals surface area (Å²) in [6.07, 6.45) is 0.711. The third kappa shape index (κ3) is 3.89. The lowest BCUT2D eigenvalue weighted by Crippen LogP contribution is -2.53. The maximum absolute atomic E-state index is 12.0. The van der Waals surface area contributed by atoms with Crippen molar-refractivity contribution in [2.45, 2.75) is 59.1 Å². The second-order valence-electron chi connectivity index (χ2n) is 6.65. The summed E-state index contributed by atoms with van der Waals surface area (Å²) in [6, 6.07) is -0.788. The van der Waals surface area contributed by atoms with E-state index in [1.54, 1.807) is 20.8 Å². The van der Waals surface area contributed by atoms with Crippen LogP contribution < -0.4 is 0 Å². The molecule has 0 bridgehead atoms. The van der Waals surface area contributed by atoms with Gasteiger partial charge in [-0.2, -0.15) is 0 Å². The number of rotatable bonds is 1. The summed E-state index contributed by atoms with van der Waals surface area (Å²) in [5.41, 5.74) is -0.658. The quantitative estimate of drug-likeness (QED) is 0.783. The minimum absolute atomic E-state index is 0.0540. The number of carboxylic acid groups (broad SMARTS) is 1. The van der Waals surface area contributed by atoms with E-state index in [1.807, 2.05) is 13.8 Å². The van der Waals surface area contributed by atoms with Crippen molar-refractivity contribution in [2.75, 3.05) is 6.54 Å². The van der Waals surface area contributed by atoms with E-state index in [-0.39, 0.29) is 5.41 Å². The number of aliphatic carboxylic acids is 1. The lowest BCUT2D eigenvalue weighted by molar-refractivity contribution is -0.146. The summed E-state index contributed by atoms with van der Waals surface area (Å²) in [7, 11) is 0. The first-order valence-corrected chi connectivity index (χ1v) is 6.24. The fourth-order valence-electron chi connectivity index (χ4n) is 2.07. The van der Waals surface area contributed by atoms with Crippen LogP contribution in [0.15, 0.2) is 0 Å². The first-order chi connectivity index (χ1) is 8.02. The second-order valence-corrected chi connectivity index (χ2v) is 6.65. The number of hydrogen-bond donors (Lipinski definition) is 1. The number of carbonyl (C=O) groups is 2. The molecule has 0 unspecified atom stereocenters. The Labute approximate surface area is 108 Å². The van der Waals surface area contributed by atoms with Gasteiger partial charge in [-0.15, -0.1) is 0 Å². The molecule has 1 heterocycles. The van der Waals surface area contributed by atoms with Crippen LogP contribution in [0.5, 0.6) is 0 Å². The average molecular weight is 257 g/mol. The molecule has 1 amide bonds. The van der Waals surface area contributed by atoms with Gasteiger partial charge in [0.2, 0.25) is 0 Å². The minimum Gasteiger partial charge on any atom is -0.480 e. The van der Waals surface area contributed by atoms with Gasteiger partial charge in [-0.1, -0.05) is 13.8 Å². The molecule has 5 heteroatoms. The van der Waals surface area contributed by atoms with E-state index in [9.17, 15) is 14.7 Å². The first kappa shape index (κ1) is 14.8. The number of nitrogens with zero attached hydrogens (tertiary/aromatic N) is 1. The molecule has 1 aliphatic heterocycles. The van der Waals surface area contributed by atoms with E-state index < -0.39 is 23.7 Å². The molecule has 1 saturated heterocycles. The Balaban J connectivity index is 2.81. The highest BCUT2D eigenvalue weighted by Crippen LogP contribution is 2.34. The molecule has 1 aliphatic rings. The number of piperidine rings is 1. The van der Waals surface area contributed by atoms with Crippen molar-refractivity contribution in [3.63, 3.8) is 0 Å². The van der Waals surface area contributed by atoms with Gasteiger partial charge < -0.3 is 9.84 Å².